The summed E-state index contributed by atoms with van der Waals surface area (Å²) in [5.41, 5.74) is 0.545. The topological polar surface area (TPSA) is 90.7 Å². The van der Waals surface area contributed by atoms with Gasteiger partial charge < -0.3 is 14.8 Å². The Bertz CT molecular complexity index is 598. The number of carbonyl (C=O) groups excluding carboxylic acids is 1. The fourth-order valence-corrected chi connectivity index (χ4v) is 2.23. The average Bonchev–Trinajstić information content (AvgIpc) is 3.07. The zero-order chi connectivity index (χ0) is 14.5. The highest BCUT2D eigenvalue weighted by atomic mass is 16.7. The van der Waals surface area contributed by atoms with Crippen LogP contribution in [-0.4, -0.2) is 22.7 Å². The third-order valence-electron chi connectivity index (χ3n) is 3.29. The molecular formula is C13H14N2O5. The maximum Gasteiger partial charge on any atom is 0.246 e. The van der Waals surface area contributed by atoms with Crippen LogP contribution in [0.4, 0.5) is 5.69 Å². The molecule has 1 amide bonds. The summed E-state index contributed by atoms with van der Waals surface area (Å²) in [5, 5.41) is 13.2. The number of ether oxygens (including phenoxy) is 2. The van der Waals surface area contributed by atoms with Gasteiger partial charge in [0.25, 0.3) is 0 Å². The molecule has 1 aromatic carbocycles. The van der Waals surface area contributed by atoms with Crippen molar-refractivity contribution >= 4 is 11.6 Å². The van der Waals surface area contributed by atoms with Gasteiger partial charge >= 0.3 is 0 Å². The van der Waals surface area contributed by atoms with Crippen LogP contribution in [0.2, 0.25) is 0 Å². The van der Waals surface area contributed by atoms with Gasteiger partial charge in [0.05, 0.1) is 0 Å². The lowest BCUT2D eigenvalue weighted by Gasteiger charge is -2.16. The maximum atomic E-state index is 11.8. The van der Waals surface area contributed by atoms with E-state index in [-0.39, 0.29) is 5.91 Å². The molecule has 1 heterocycles. The fourth-order valence-electron chi connectivity index (χ4n) is 2.23. The number of amides is 1. The molecule has 1 aliphatic carbocycles. The summed E-state index contributed by atoms with van der Waals surface area (Å²) in [6.07, 6.45) is 0.302. The number of benzene rings is 1. The van der Waals surface area contributed by atoms with Crippen molar-refractivity contribution in [2.75, 3.05) is 5.32 Å². The van der Waals surface area contributed by atoms with Gasteiger partial charge in [-0.15, -0.1) is 0 Å². The van der Waals surface area contributed by atoms with Crippen LogP contribution in [0.15, 0.2) is 18.2 Å². The molecule has 1 fully saturated rings. The minimum absolute atomic E-state index is 0.302. The lowest BCUT2D eigenvalue weighted by Crippen LogP contribution is -2.29. The smallest absolute Gasteiger partial charge is 0.246 e. The second kappa shape index (κ2) is 4.09. The first-order valence-corrected chi connectivity index (χ1v) is 6.32. The molecule has 7 nitrogen and oxygen atoms in total. The molecule has 0 bridgehead atoms. The van der Waals surface area contributed by atoms with Crippen molar-refractivity contribution in [3.63, 3.8) is 0 Å². The predicted octanol–water partition coefficient (Wildman–Crippen LogP) is 1.80. The quantitative estimate of drug-likeness (QED) is 0.672. The van der Waals surface area contributed by atoms with Crippen LogP contribution < -0.4 is 14.8 Å². The first-order chi connectivity index (χ1) is 9.35. The van der Waals surface area contributed by atoms with E-state index in [9.17, 15) is 14.9 Å². The van der Waals surface area contributed by atoms with Crippen LogP contribution in [0, 0.1) is 16.0 Å². The first-order valence-electron chi connectivity index (χ1n) is 6.32. The van der Waals surface area contributed by atoms with Gasteiger partial charge in [-0.25, -0.2) is 0 Å². The van der Waals surface area contributed by atoms with Gasteiger partial charge in [0, 0.05) is 36.9 Å². The van der Waals surface area contributed by atoms with Crippen molar-refractivity contribution in [2.24, 2.45) is 5.92 Å². The van der Waals surface area contributed by atoms with Crippen LogP contribution >= 0.6 is 0 Å². The summed E-state index contributed by atoms with van der Waals surface area (Å²) in [6.45, 7) is 3.58. The van der Waals surface area contributed by atoms with Crippen molar-refractivity contribution in [1.29, 1.82) is 0 Å². The van der Waals surface area contributed by atoms with Gasteiger partial charge in [0.15, 0.2) is 11.5 Å². The maximum absolute atomic E-state index is 11.8. The zero-order valence-corrected chi connectivity index (χ0v) is 11.1. The Morgan fingerprint density at radius 3 is 2.75 bits per heavy atom. The fraction of sp³-hybridized carbons (Fsp3) is 0.462. The van der Waals surface area contributed by atoms with Crippen molar-refractivity contribution in [2.45, 2.75) is 32.1 Å². The summed E-state index contributed by atoms with van der Waals surface area (Å²) >= 11 is 0. The zero-order valence-electron chi connectivity index (χ0n) is 11.1. The van der Waals surface area contributed by atoms with Gasteiger partial charge in [-0.05, 0) is 12.1 Å². The van der Waals surface area contributed by atoms with E-state index in [0.29, 0.717) is 23.6 Å². The van der Waals surface area contributed by atoms with Gasteiger partial charge in [-0.3, -0.25) is 14.9 Å². The molecular weight excluding hydrogens is 264 g/mol. The number of nitro groups is 1. The van der Waals surface area contributed by atoms with Crippen molar-refractivity contribution in [3.8, 4) is 11.5 Å². The Morgan fingerprint density at radius 1 is 1.40 bits per heavy atom. The average molecular weight is 278 g/mol. The number of hydrogen-bond acceptors (Lipinski definition) is 5. The molecule has 106 valence electrons. The number of nitrogens with one attached hydrogen (secondary N) is 1. The highest BCUT2D eigenvalue weighted by molar-refractivity contribution is 5.95. The third kappa shape index (κ3) is 2.26. The summed E-state index contributed by atoms with van der Waals surface area (Å²) in [5.74, 6) is -0.424. The van der Waals surface area contributed by atoms with Gasteiger partial charge in [-0.2, -0.15) is 0 Å². The van der Waals surface area contributed by atoms with E-state index in [1.54, 1.807) is 32.0 Å². The van der Waals surface area contributed by atoms with E-state index in [2.05, 4.69) is 5.32 Å². The van der Waals surface area contributed by atoms with E-state index in [4.69, 9.17) is 9.47 Å². The standard InChI is InChI=1S/C13H14N2O5/c1-13(2)19-10-4-3-7(5-11(10)20-13)14-12(16)8-6-9(8)15(17)18/h3-5,8-9H,6H2,1-2H3,(H,14,16)/t8-,9+/m1/s1. The van der Waals surface area contributed by atoms with E-state index in [1.807, 2.05) is 0 Å². The number of anilines is 1. The van der Waals surface area contributed by atoms with Crippen molar-refractivity contribution in [1.82, 2.24) is 0 Å². The minimum Gasteiger partial charge on any atom is -0.449 e. The first kappa shape index (κ1) is 12.7. The largest absolute Gasteiger partial charge is 0.449 e. The molecule has 0 unspecified atom stereocenters. The molecule has 1 N–H and O–H groups in total. The highest BCUT2D eigenvalue weighted by Gasteiger charge is 2.53. The summed E-state index contributed by atoms with van der Waals surface area (Å²) < 4.78 is 11.1. The SMILES string of the molecule is CC1(C)Oc2ccc(NC(=O)[C@@H]3C[C@@H]3[N+](=O)[O-])cc2O1. The van der Waals surface area contributed by atoms with Crippen LogP contribution in [0.5, 0.6) is 11.5 Å². The van der Waals surface area contributed by atoms with E-state index in [1.165, 1.54) is 0 Å². The molecule has 7 heteroatoms. The molecule has 2 aliphatic rings. The van der Waals surface area contributed by atoms with Crippen molar-refractivity contribution < 1.29 is 19.2 Å². The van der Waals surface area contributed by atoms with Gasteiger partial charge in [0.1, 0.15) is 5.92 Å². The summed E-state index contributed by atoms with van der Waals surface area (Å²) in [4.78, 5) is 22.0. The molecule has 1 aromatic rings. The minimum atomic E-state index is -0.747. The summed E-state index contributed by atoms with van der Waals surface area (Å²) in [7, 11) is 0. The number of fused-ring (bicyclic) bond motifs is 1. The Balaban J connectivity index is 1.68. The number of rotatable bonds is 3. The summed E-state index contributed by atoms with van der Waals surface area (Å²) in [6, 6.07) is 4.30. The molecule has 2 atom stereocenters. The van der Waals surface area contributed by atoms with Crippen LogP contribution in [0.3, 0.4) is 0 Å². The lowest BCUT2D eigenvalue weighted by atomic mass is 10.2. The monoisotopic (exact) mass is 278 g/mol. The second-order valence-electron chi connectivity index (χ2n) is 5.45. The molecule has 1 aliphatic heterocycles. The Kier molecular flexibility index (Phi) is 2.60. The molecule has 20 heavy (non-hydrogen) atoms. The number of hydrogen-bond donors (Lipinski definition) is 1. The lowest BCUT2D eigenvalue weighted by molar-refractivity contribution is -0.497. The molecule has 0 aromatic heterocycles. The van der Waals surface area contributed by atoms with Crippen molar-refractivity contribution in [3.05, 3.63) is 28.3 Å². The molecule has 1 saturated carbocycles. The van der Waals surface area contributed by atoms with Crippen LogP contribution in [0.25, 0.3) is 0 Å². The Hall–Kier alpha value is -2.31. The van der Waals surface area contributed by atoms with Gasteiger partial charge in [0.2, 0.25) is 17.7 Å². The van der Waals surface area contributed by atoms with Gasteiger partial charge in [-0.1, -0.05) is 0 Å². The van der Waals surface area contributed by atoms with E-state index in [0.717, 1.165) is 0 Å². The molecule has 3 rings (SSSR count). The van der Waals surface area contributed by atoms with Crippen LogP contribution in [0.1, 0.15) is 20.3 Å². The molecule has 0 radical (unpaired) electrons. The Morgan fingerprint density at radius 2 is 2.10 bits per heavy atom. The third-order valence-corrected chi connectivity index (χ3v) is 3.29. The second-order valence-corrected chi connectivity index (χ2v) is 5.45. The molecule has 0 saturated heterocycles. The number of nitrogens with zero attached hydrogens (tertiary/aromatic N) is 1. The molecule has 0 spiro atoms. The Labute approximate surface area is 115 Å². The number of carbonyl (C=O) groups is 1. The van der Waals surface area contributed by atoms with E-state index < -0.39 is 22.7 Å². The normalized spacial score (nSPS) is 25.1. The van der Waals surface area contributed by atoms with E-state index >= 15 is 0 Å². The highest BCUT2D eigenvalue weighted by Crippen LogP contribution is 2.41. The van der Waals surface area contributed by atoms with Crippen LogP contribution in [-0.2, 0) is 4.79 Å². The predicted molar refractivity (Wildman–Crippen MR) is 69.3 cm³/mol.